The summed E-state index contributed by atoms with van der Waals surface area (Å²) in [4.78, 5) is 12.4. The highest BCUT2D eigenvalue weighted by molar-refractivity contribution is 5.74. The summed E-state index contributed by atoms with van der Waals surface area (Å²) in [5.41, 5.74) is 0. The average Bonchev–Trinajstić information content (AvgIpc) is 2.47. The zero-order chi connectivity index (χ0) is 8.55. The van der Waals surface area contributed by atoms with Crippen molar-refractivity contribution in [3.8, 4) is 0 Å². The topological polar surface area (TPSA) is 49.8 Å². The molecular weight excluding hydrogens is 158 g/mol. The van der Waals surface area contributed by atoms with E-state index in [9.17, 15) is 4.79 Å². The Hall–Kier alpha value is -1.45. The normalized spacial score (nSPS) is 26.2. The maximum absolute atomic E-state index is 10.7. The summed E-state index contributed by atoms with van der Waals surface area (Å²) in [7, 11) is 0. The van der Waals surface area contributed by atoms with Gasteiger partial charge in [0.2, 0.25) is 0 Å². The van der Waals surface area contributed by atoms with Gasteiger partial charge in [-0.2, -0.15) is 0 Å². The van der Waals surface area contributed by atoms with Crippen molar-refractivity contribution >= 4 is 5.97 Å². The Kier molecular flexibility index (Phi) is 1.53. The molecule has 4 nitrogen and oxygen atoms in total. The summed E-state index contributed by atoms with van der Waals surface area (Å²) in [6.45, 7) is 0.881. The van der Waals surface area contributed by atoms with Crippen LogP contribution in [0.2, 0.25) is 0 Å². The number of aliphatic carboxylic acids is 1. The fraction of sp³-hybridized carbons (Fsp3) is 0.375. The van der Waals surface area contributed by atoms with Gasteiger partial charge in [-0.25, -0.2) is 4.79 Å². The molecule has 0 aromatic carbocycles. The minimum absolute atomic E-state index is 0.253. The fourth-order valence-electron chi connectivity index (χ4n) is 1.38. The standard InChI is InChI=1S/C8H9NO3/c10-8(11)6-5-12-7-3-1-2-4-9(6)7/h1-3,6H,4-5H2,(H,10,11). The lowest BCUT2D eigenvalue weighted by Crippen LogP contribution is -2.37. The SMILES string of the molecule is O=C(O)C1COC2=CC=CCN21. The van der Waals surface area contributed by atoms with E-state index in [0.717, 1.165) is 0 Å². The molecule has 2 heterocycles. The zero-order valence-electron chi connectivity index (χ0n) is 6.43. The van der Waals surface area contributed by atoms with E-state index in [1.807, 2.05) is 12.2 Å². The predicted octanol–water partition coefficient (Wildman–Crippen LogP) is 0.183. The maximum Gasteiger partial charge on any atom is 0.330 e. The van der Waals surface area contributed by atoms with Gasteiger partial charge < -0.3 is 14.7 Å². The zero-order valence-corrected chi connectivity index (χ0v) is 6.43. The van der Waals surface area contributed by atoms with Crippen molar-refractivity contribution in [2.24, 2.45) is 0 Å². The van der Waals surface area contributed by atoms with Gasteiger partial charge in [-0.15, -0.1) is 0 Å². The third-order valence-electron chi connectivity index (χ3n) is 2.01. The Morgan fingerprint density at radius 3 is 3.33 bits per heavy atom. The minimum atomic E-state index is -0.825. The molecule has 1 fully saturated rings. The minimum Gasteiger partial charge on any atom is -0.480 e. The van der Waals surface area contributed by atoms with Crippen LogP contribution in [0.3, 0.4) is 0 Å². The van der Waals surface area contributed by atoms with E-state index in [2.05, 4.69) is 0 Å². The largest absolute Gasteiger partial charge is 0.480 e. The lowest BCUT2D eigenvalue weighted by atomic mass is 10.2. The third-order valence-corrected chi connectivity index (χ3v) is 2.01. The summed E-state index contributed by atoms with van der Waals surface area (Å²) in [5.74, 6) is -0.154. The summed E-state index contributed by atoms with van der Waals surface area (Å²) in [5, 5.41) is 8.78. The third kappa shape index (κ3) is 0.958. The van der Waals surface area contributed by atoms with Gasteiger partial charge in [-0.05, 0) is 6.08 Å². The molecule has 12 heavy (non-hydrogen) atoms. The van der Waals surface area contributed by atoms with E-state index in [1.54, 1.807) is 11.0 Å². The average molecular weight is 167 g/mol. The maximum atomic E-state index is 10.7. The Balaban J connectivity index is 2.20. The van der Waals surface area contributed by atoms with Crippen LogP contribution >= 0.6 is 0 Å². The number of ether oxygens (including phenoxy) is 1. The highest BCUT2D eigenvalue weighted by atomic mass is 16.5. The lowest BCUT2D eigenvalue weighted by molar-refractivity contribution is -0.141. The molecule has 2 aliphatic rings. The number of carboxylic acid groups (broad SMARTS) is 1. The van der Waals surface area contributed by atoms with Crippen molar-refractivity contribution in [1.29, 1.82) is 0 Å². The van der Waals surface area contributed by atoms with Gasteiger partial charge in [0, 0.05) is 6.54 Å². The Labute approximate surface area is 69.7 Å². The molecule has 0 bridgehead atoms. The van der Waals surface area contributed by atoms with E-state index >= 15 is 0 Å². The van der Waals surface area contributed by atoms with Crippen LogP contribution in [0, 0.1) is 0 Å². The van der Waals surface area contributed by atoms with Gasteiger partial charge in [0.25, 0.3) is 0 Å². The van der Waals surface area contributed by atoms with Gasteiger partial charge in [0.05, 0.1) is 0 Å². The molecule has 1 atom stereocenters. The second kappa shape index (κ2) is 2.55. The molecule has 4 heteroatoms. The Bertz CT molecular complexity index is 269. The second-order valence-corrected chi connectivity index (χ2v) is 2.75. The molecule has 2 rings (SSSR count). The summed E-state index contributed by atoms with van der Waals surface area (Å²) in [6, 6.07) is -0.513. The molecule has 1 unspecified atom stereocenters. The van der Waals surface area contributed by atoms with Crippen LogP contribution in [0.4, 0.5) is 0 Å². The van der Waals surface area contributed by atoms with Crippen LogP contribution in [-0.2, 0) is 9.53 Å². The van der Waals surface area contributed by atoms with Crippen LogP contribution in [0.1, 0.15) is 0 Å². The number of carboxylic acids is 1. The second-order valence-electron chi connectivity index (χ2n) is 2.75. The van der Waals surface area contributed by atoms with Crippen molar-refractivity contribution in [3.63, 3.8) is 0 Å². The molecule has 0 saturated carbocycles. The van der Waals surface area contributed by atoms with Gasteiger partial charge in [-0.3, -0.25) is 0 Å². The molecule has 1 saturated heterocycles. The first-order chi connectivity index (χ1) is 5.79. The lowest BCUT2D eigenvalue weighted by Gasteiger charge is -2.21. The first-order valence-corrected chi connectivity index (χ1v) is 3.78. The van der Waals surface area contributed by atoms with Crippen molar-refractivity contribution in [2.45, 2.75) is 6.04 Å². The number of nitrogens with zero attached hydrogens (tertiary/aromatic N) is 1. The first-order valence-electron chi connectivity index (χ1n) is 3.78. The van der Waals surface area contributed by atoms with Crippen molar-refractivity contribution < 1.29 is 14.6 Å². The quantitative estimate of drug-likeness (QED) is 0.605. The van der Waals surface area contributed by atoms with Crippen LogP contribution < -0.4 is 0 Å². The van der Waals surface area contributed by atoms with Crippen LogP contribution in [0.25, 0.3) is 0 Å². The molecule has 0 aromatic rings. The van der Waals surface area contributed by atoms with Gasteiger partial charge in [-0.1, -0.05) is 12.2 Å². The predicted molar refractivity (Wildman–Crippen MR) is 41.3 cm³/mol. The van der Waals surface area contributed by atoms with E-state index in [0.29, 0.717) is 12.4 Å². The number of carbonyl (C=O) groups is 1. The van der Waals surface area contributed by atoms with E-state index < -0.39 is 12.0 Å². The highest BCUT2D eigenvalue weighted by Gasteiger charge is 2.34. The molecule has 0 amide bonds. The highest BCUT2D eigenvalue weighted by Crippen LogP contribution is 2.22. The van der Waals surface area contributed by atoms with Crippen molar-refractivity contribution in [3.05, 3.63) is 24.1 Å². The summed E-state index contributed by atoms with van der Waals surface area (Å²) >= 11 is 0. The monoisotopic (exact) mass is 167 g/mol. The smallest absolute Gasteiger partial charge is 0.330 e. The number of fused-ring (bicyclic) bond motifs is 1. The van der Waals surface area contributed by atoms with E-state index in [1.165, 1.54) is 0 Å². The van der Waals surface area contributed by atoms with Gasteiger partial charge in [0.15, 0.2) is 11.9 Å². The van der Waals surface area contributed by atoms with Gasteiger partial charge >= 0.3 is 5.97 Å². The number of allylic oxidation sites excluding steroid dienone is 2. The number of rotatable bonds is 1. The first kappa shape index (κ1) is 7.21. The molecule has 64 valence electrons. The van der Waals surface area contributed by atoms with Crippen molar-refractivity contribution in [2.75, 3.05) is 13.2 Å². The Morgan fingerprint density at radius 2 is 2.58 bits per heavy atom. The van der Waals surface area contributed by atoms with Crippen LogP contribution in [0.5, 0.6) is 0 Å². The van der Waals surface area contributed by atoms with E-state index in [-0.39, 0.29) is 6.61 Å². The summed E-state index contributed by atoms with van der Waals surface area (Å²) in [6.07, 6.45) is 5.57. The van der Waals surface area contributed by atoms with Crippen LogP contribution in [0.15, 0.2) is 24.1 Å². The molecule has 0 aliphatic carbocycles. The molecule has 1 N–H and O–H groups in total. The Morgan fingerprint density at radius 1 is 1.75 bits per heavy atom. The van der Waals surface area contributed by atoms with Crippen molar-refractivity contribution in [1.82, 2.24) is 4.90 Å². The molecule has 0 aromatic heterocycles. The number of hydrogen-bond acceptors (Lipinski definition) is 3. The molecule has 0 spiro atoms. The molecular formula is C8H9NO3. The fourth-order valence-corrected chi connectivity index (χ4v) is 1.38. The summed E-state index contributed by atoms with van der Waals surface area (Å²) < 4.78 is 5.19. The van der Waals surface area contributed by atoms with E-state index in [4.69, 9.17) is 9.84 Å². The molecule has 2 aliphatic heterocycles. The van der Waals surface area contributed by atoms with Gasteiger partial charge in [0.1, 0.15) is 6.61 Å². The molecule has 0 radical (unpaired) electrons. The number of hydrogen-bond donors (Lipinski definition) is 1. The van der Waals surface area contributed by atoms with Crippen LogP contribution in [-0.4, -0.2) is 35.2 Å².